The number of nitrogens with zero attached hydrogens (tertiary/aromatic N) is 3. The minimum Gasteiger partial charge on any atom is -0.493 e. The van der Waals surface area contributed by atoms with Gasteiger partial charge in [0.15, 0.2) is 11.5 Å². The first-order valence-corrected chi connectivity index (χ1v) is 7.04. The molecule has 0 spiro atoms. The maximum Gasteiger partial charge on any atom is 0.161 e. The van der Waals surface area contributed by atoms with Crippen molar-refractivity contribution in [2.75, 3.05) is 20.8 Å². The van der Waals surface area contributed by atoms with Gasteiger partial charge in [0.2, 0.25) is 0 Å². The summed E-state index contributed by atoms with van der Waals surface area (Å²) in [5.41, 5.74) is 2.56. The molecule has 0 fully saturated rings. The van der Waals surface area contributed by atoms with E-state index in [-0.39, 0.29) is 6.04 Å². The molecule has 1 aromatic heterocycles. The van der Waals surface area contributed by atoms with Gasteiger partial charge in [-0.25, -0.2) is 4.98 Å². The van der Waals surface area contributed by atoms with Crippen LogP contribution in [0.5, 0.6) is 11.5 Å². The lowest BCUT2D eigenvalue weighted by Crippen LogP contribution is -2.32. The minimum absolute atomic E-state index is 0.219. The highest BCUT2D eigenvalue weighted by molar-refractivity contribution is 5.49. The van der Waals surface area contributed by atoms with Gasteiger partial charge in [0.25, 0.3) is 0 Å². The number of hydrogen-bond acceptors (Lipinski definition) is 5. The Morgan fingerprint density at radius 2 is 2.05 bits per heavy atom. The molecule has 1 aliphatic rings. The van der Waals surface area contributed by atoms with Crippen molar-refractivity contribution in [2.24, 2.45) is 7.05 Å². The normalized spacial score (nSPS) is 17.4. The molecule has 0 saturated carbocycles. The fourth-order valence-corrected chi connectivity index (χ4v) is 2.84. The third-order valence-electron chi connectivity index (χ3n) is 4.00. The number of nitrogens with one attached hydrogen (secondary N) is 1. The maximum absolute atomic E-state index is 5.42. The topological polar surface area (TPSA) is 61.2 Å². The molecule has 0 aliphatic carbocycles. The molecule has 1 unspecified atom stereocenters. The van der Waals surface area contributed by atoms with Gasteiger partial charge < -0.3 is 14.8 Å². The summed E-state index contributed by atoms with van der Waals surface area (Å²) in [6.45, 7) is 0.949. The van der Waals surface area contributed by atoms with Crippen molar-refractivity contribution in [2.45, 2.75) is 18.9 Å². The first-order valence-electron chi connectivity index (χ1n) is 7.04. The number of hydrogen-bond donors (Lipinski definition) is 1. The predicted molar refractivity (Wildman–Crippen MR) is 78.7 cm³/mol. The summed E-state index contributed by atoms with van der Waals surface area (Å²) in [6, 6.07) is 4.37. The molecule has 1 atom stereocenters. The van der Waals surface area contributed by atoms with E-state index in [2.05, 4.69) is 27.5 Å². The van der Waals surface area contributed by atoms with Crippen LogP contribution in [0.1, 0.15) is 23.0 Å². The van der Waals surface area contributed by atoms with Crippen molar-refractivity contribution < 1.29 is 9.47 Å². The van der Waals surface area contributed by atoms with Gasteiger partial charge in [-0.3, -0.25) is 4.68 Å². The molecule has 6 heteroatoms. The van der Waals surface area contributed by atoms with Crippen LogP contribution in [0.25, 0.3) is 0 Å². The monoisotopic (exact) mass is 288 g/mol. The van der Waals surface area contributed by atoms with Crippen molar-refractivity contribution in [3.8, 4) is 11.5 Å². The van der Waals surface area contributed by atoms with Crippen LogP contribution >= 0.6 is 0 Å². The molecule has 112 valence electrons. The quantitative estimate of drug-likeness (QED) is 0.918. The molecule has 0 amide bonds. The summed E-state index contributed by atoms with van der Waals surface area (Å²) in [6.07, 6.45) is 3.39. The Labute approximate surface area is 124 Å². The van der Waals surface area contributed by atoms with Crippen molar-refractivity contribution in [1.29, 1.82) is 0 Å². The van der Waals surface area contributed by atoms with E-state index in [1.54, 1.807) is 20.5 Å². The van der Waals surface area contributed by atoms with Crippen LogP contribution < -0.4 is 14.8 Å². The number of methoxy groups -OCH3 is 2. The van der Waals surface area contributed by atoms with Gasteiger partial charge >= 0.3 is 0 Å². The van der Waals surface area contributed by atoms with E-state index in [9.17, 15) is 0 Å². The van der Waals surface area contributed by atoms with Gasteiger partial charge in [-0.05, 0) is 36.2 Å². The molecule has 3 rings (SSSR count). The van der Waals surface area contributed by atoms with Crippen LogP contribution in [-0.2, 0) is 19.9 Å². The number of fused-ring (bicyclic) bond motifs is 1. The Bertz CT molecular complexity index is 639. The van der Waals surface area contributed by atoms with Crippen LogP contribution in [-0.4, -0.2) is 35.5 Å². The first kappa shape index (κ1) is 13.9. The molecule has 21 heavy (non-hydrogen) atoms. The molecule has 0 radical (unpaired) electrons. The minimum atomic E-state index is 0.219. The average molecular weight is 288 g/mol. The van der Waals surface area contributed by atoms with Crippen LogP contribution in [0.4, 0.5) is 0 Å². The zero-order valence-corrected chi connectivity index (χ0v) is 12.6. The van der Waals surface area contributed by atoms with Crippen LogP contribution in [0.2, 0.25) is 0 Å². The van der Waals surface area contributed by atoms with E-state index < -0.39 is 0 Å². The Morgan fingerprint density at radius 1 is 1.29 bits per heavy atom. The number of benzene rings is 1. The van der Waals surface area contributed by atoms with Gasteiger partial charge in [-0.2, -0.15) is 5.10 Å². The largest absolute Gasteiger partial charge is 0.493 e. The summed E-state index contributed by atoms with van der Waals surface area (Å²) in [7, 11) is 5.25. The first-order chi connectivity index (χ1) is 10.2. The van der Waals surface area contributed by atoms with E-state index in [0.29, 0.717) is 0 Å². The summed E-state index contributed by atoms with van der Waals surface area (Å²) < 4.78 is 12.6. The highest BCUT2D eigenvalue weighted by Gasteiger charge is 2.24. The summed E-state index contributed by atoms with van der Waals surface area (Å²) in [5.74, 6) is 2.52. The van der Waals surface area contributed by atoms with E-state index in [1.165, 1.54) is 11.1 Å². The molecule has 1 aromatic carbocycles. The standard InChI is InChI=1S/C15H20N4O2/c1-19-15(17-9-18-19)8-12-11-7-14(21-3)13(20-2)6-10(11)4-5-16-12/h6-7,9,12,16H,4-5,8H2,1-3H3. The second kappa shape index (κ2) is 5.73. The third kappa shape index (κ3) is 2.58. The number of aromatic nitrogens is 3. The summed E-state index contributed by atoms with van der Waals surface area (Å²) >= 11 is 0. The van der Waals surface area contributed by atoms with Crippen LogP contribution in [0, 0.1) is 0 Å². The SMILES string of the molecule is COc1cc2c(cc1OC)C(Cc1ncnn1C)NCC2. The molecule has 6 nitrogen and oxygen atoms in total. The fraction of sp³-hybridized carbons (Fsp3) is 0.467. The van der Waals surface area contributed by atoms with Gasteiger partial charge in [0, 0.05) is 19.5 Å². The van der Waals surface area contributed by atoms with E-state index in [0.717, 1.165) is 36.7 Å². The van der Waals surface area contributed by atoms with Crippen molar-refractivity contribution in [1.82, 2.24) is 20.1 Å². The van der Waals surface area contributed by atoms with Gasteiger partial charge in [0.05, 0.1) is 14.2 Å². The molecule has 2 heterocycles. The van der Waals surface area contributed by atoms with E-state index in [1.807, 2.05) is 11.7 Å². The second-order valence-corrected chi connectivity index (χ2v) is 5.17. The zero-order valence-electron chi connectivity index (χ0n) is 12.6. The maximum atomic E-state index is 5.42. The molecule has 1 N–H and O–H groups in total. The van der Waals surface area contributed by atoms with E-state index >= 15 is 0 Å². The lowest BCUT2D eigenvalue weighted by Gasteiger charge is -2.27. The molecule has 1 aliphatic heterocycles. The lowest BCUT2D eigenvalue weighted by atomic mass is 9.91. The van der Waals surface area contributed by atoms with Gasteiger partial charge in [0.1, 0.15) is 12.2 Å². The number of aryl methyl sites for hydroxylation is 1. The molecule has 0 bridgehead atoms. The third-order valence-corrected chi connectivity index (χ3v) is 4.00. The smallest absolute Gasteiger partial charge is 0.161 e. The Morgan fingerprint density at radius 3 is 2.71 bits per heavy atom. The van der Waals surface area contributed by atoms with Gasteiger partial charge in [-0.1, -0.05) is 0 Å². The Kier molecular flexibility index (Phi) is 3.79. The summed E-state index contributed by atoms with van der Waals surface area (Å²) in [4.78, 5) is 4.32. The zero-order chi connectivity index (χ0) is 14.8. The van der Waals surface area contributed by atoms with Crippen molar-refractivity contribution in [3.63, 3.8) is 0 Å². The Balaban J connectivity index is 1.95. The average Bonchev–Trinajstić information content (AvgIpc) is 2.91. The van der Waals surface area contributed by atoms with E-state index in [4.69, 9.17) is 9.47 Å². The highest BCUT2D eigenvalue weighted by Crippen LogP contribution is 2.35. The summed E-state index contributed by atoms with van der Waals surface area (Å²) in [5, 5.41) is 7.68. The Hall–Kier alpha value is -2.08. The number of rotatable bonds is 4. The van der Waals surface area contributed by atoms with Crippen molar-refractivity contribution >= 4 is 0 Å². The number of ether oxygens (including phenoxy) is 2. The fourth-order valence-electron chi connectivity index (χ4n) is 2.84. The second-order valence-electron chi connectivity index (χ2n) is 5.17. The molecular formula is C15H20N4O2. The van der Waals surface area contributed by atoms with Gasteiger partial charge in [-0.15, -0.1) is 0 Å². The van der Waals surface area contributed by atoms with Crippen LogP contribution in [0.3, 0.4) is 0 Å². The molecular weight excluding hydrogens is 268 g/mol. The molecule has 2 aromatic rings. The predicted octanol–water partition coefficient (Wildman–Crippen LogP) is 1.26. The highest BCUT2D eigenvalue weighted by atomic mass is 16.5. The lowest BCUT2D eigenvalue weighted by molar-refractivity contribution is 0.352. The van der Waals surface area contributed by atoms with Crippen LogP contribution in [0.15, 0.2) is 18.5 Å². The molecule has 0 saturated heterocycles. The van der Waals surface area contributed by atoms with Crippen molar-refractivity contribution in [3.05, 3.63) is 35.4 Å².